The van der Waals surface area contributed by atoms with Crippen LogP contribution in [0.25, 0.3) is 0 Å². The van der Waals surface area contributed by atoms with Crippen LogP contribution < -0.4 is 35.8 Å². The second-order valence-electron chi connectivity index (χ2n) is 6.62. The average Bonchev–Trinajstić information content (AvgIpc) is 2.83. The Morgan fingerprint density at radius 2 is 0.882 bits per heavy atom. The average molecular weight is 628 g/mol. The minimum atomic E-state index is -2.28. The van der Waals surface area contributed by atoms with Crippen molar-refractivity contribution in [2.75, 3.05) is 0 Å². The molecule has 8 heteroatoms. The third-order valence-corrected chi connectivity index (χ3v) is 7.18. The Morgan fingerprint density at radius 1 is 0.588 bits per heavy atom. The van der Waals surface area contributed by atoms with Gasteiger partial charge in [-0.05, 0) is 72.8 Å². The predicted molar refractivity (Wildman–Crippen MR) is 129 cm³/mol. The summed E-state index contributed by atoms with van der Waals surface area (Å²) in [6, 6.07) is 36.4. The van der Waals surface area contributed by atoms with Gasteiger partial charge in [0.1, 0.15) is 23.0 Å². The number of halogens is 4. The van der Waals surface area contributed by atoms with Crippen LogP contribution >= 0.6 is 34.8 Å². The van der Waals surface area contributed by atoms with Crippen molar-refractivity contribution in [1.29, 1.82) is 0 Å². The smallest absolute Gasteiger partial charge is 0.357 e. The zero-order valence-corrected chi connectivity index (χ0v) is 22.0. The van der Waals surface area contributed by atoms with Crippen molar-refractivity contribution in [2.45, 2.75) is 3.79 Å². The Bertz CT molecular complexity index is 1080. The van der Waals surface area contributed by atoms with Crippen LogP contribution in [0.4, 0.5) is 0 Å². The molecule has 0 fully saturated rings. The molecule has 4 aromatic rings. The van der Waals surface area contributed by atoms with Crippen LogP contribution in [0, 0.1) is 7.14 Å². The maximum absolute atomic E-state index is 9.51. The first-order chi connectivity index (χ1) is 16.3. The molecule has 0 saturated heterocycles. The van der Waals surface area contributed by atoms with E-state index in [0.29, 0.717) is 0 Å². The number of hydrogen-bond donors (Lipinski definition) is 0. The quantitative estimate of drug-likeness (QED) is 0.243. The Labute approximate surface area is 223 Å². The van der Waals surface area contributed by atoms with Gasteiger partial charge >= 0.3 is 21.2 Å². The number of hydrogen-bond acceptors (Lipinski definition) is 4. The molecule has 0 spiro atoms. The van der Waals surface area contributed by atoms with Gasteiger partial charge in [0.05, 0.1) is 5.97 Å². The molecule has 34 heavy (non-hydrogen) atoms. The topological polar surface area (TPSA) is 58.6 Å². The number of rotatable bonds is 6. The number of aliphatic carboxylic acids is 1. The lowest BCUT2D eigenvalue weighted by Crippen LogP contribution is -3.61. The first-order valence-corrected chi connectivity index (χ1v) is 13.2. The van der Waals surface area contributed by atoms with E-state index in [0.717, 1.165) is 23.0 Å². The Hall–Kier alpha value is -2.45. The highest BCUT2D eigenvalue weighted by molar-refractivity contribution is 6.75. The molecule has 0 N–H and O–H groups in total. The van der Waals surface area contributed by atoms with E-state index >= 15 is 0 Å². The maximum Gasteiger partial charge on any atom is 0.357 e. The number of carbonyl (C=O) groups excluding carboxylic acids is 1. The molecule has 4 aromatic carbocycles. The van der Waals surface area contributed by atoms with E-state index in [9.17, 15) is 9.90 Å². The third kappa shape index (κ3) is 9.06. The third-order valence-electron chi connectivity index (χ3n) is 4.03. The molecule has 0 atom stereocenters. The summed E-state index contributed by atoms with van der Waals surface area (Å²) >= 11 is 14.0. The normalized spacial score (nSPS) is 10.6. The highest BCUT2D eigenvalue weighted by Gasteiger charge is 2.20. The van der Waals surface area contributed by atoms with Gasteiger partial charge in [-0.25, -0.2) is 0 Å². The zero-order valence-electron chi connectivity index (χ0n) is 17.5. The van der Waals surface area contributed by atoms with Gasteiger partial charge in [-0.1, -0.05) is 71.2 Å². The summed E-state index contributed by atoms with van der Waals surface area (Å²) in [5.41, 5.74) is 0. The van der Waals surface area contributed by atoms with Crippen molar-refractivity contribution in [3.8, 4) is 23.0 Å². The molecule has 4 rings (SSSR count). The van der Waals surface area contributed by atoms with E-state index < -0.39 is 9.76 Å². The van der Waals surface area contributed by atoms with Crippen molar-refractivity contribution in [3.63, 3.8) is 0 Å². The Kier molecular flexibility index (Phi) is 9.89. The Balaban J connectivity index is 0.000000406. The van der Waals surface area contributed by atoms with E-state index in [-0.39, 0.29) is 21.2 Å². The minimum absolute atomic E-state index is 0.229. The lowest BCUT2D eigenvalue weighted by atomic mass is 10.3. The van der Waals surface area contributed by atoms with Gasteiger partial charge in [0, 0.05) is 0 Å². The number of carbonyl (C=O) groups is 1. The first kappa shape index (κ1) is 26.2. The van der Waals surface area contributed by atoms with Gasteiger partial charge in [0.25, 0.3) is 0 Å². The molecule has 0 aliphatic heterocycles. The minimum Gasteiger partial charge on any atom is -0.545 e. The SMILES string of the molecule is O=C([O-])C(Cl)(Cl)Cl.c1ccc(Oc2ccc([I+]c3ccc(Oc4ccccc4)cc3)cc2)cc1. The second-order valence-corrected chi connectivity index (χ2v) is 11.9. The predicted octanol–water partition coefficient (Wildman–Crippen LogP) is 3.51. The van der Waals surface area contributed by atoms with E-state index in [1.165, 1.54) is 7.14 Å². The van der Waals surface area contributed by atoms with Crippen LogP contribution in [0.1, 0.15) is 0 Å². The summed E-state index contributed by atoms with van der Waals surface area (Å²) in [6.45, 7) is 0. The molecule has 0 unspecified atom stereocenters. The Morgan fingerprint density at radius 3 is 1.18 bits per heavy atom. The van der Waals surface area contributed by atoms with E-state index in [4.69, 9.17) is 44.3 Å². The van der Waals surface area contributed by atoms with Gasteiger partial charge in [0.15, 0.2) is 7.14 Å². The van der Waals surface area contributed by atoms with Crippen molar-refractivity contribution in [3.05, 3.63) is 116 Å². The lowest BCUT2D eigenvalue weighted by Gasteiger charge is -2.09. The second kappa shape index (κ2) is 12.9. The molecule has 0 bridgehead atoms. The monoisotopic (exact) mass is 626 g/mol. The number of carboxylic acids is 1. The van der Waals surface area contributed by atoms with Crippen LogP contribution in [0.5, 0.6) is 23.0 Å². The number of alkyl halides is 3. The fraction of sp³-hybridized carbons (Fsp3) is 0.0385. The summed E-state index contributed by atoms with van der Waals surface area (Å²) < 4.78 is 12.1. The van der Waals surface area contributed by atoms with Crippen molar-refractivity contribution < 1.29 is 40.6 Å². The van der Waals surface area contributed by atoms with Crippen molar-refractivity contribution in [2.24, 2.45) is 0 Å². The molecule has 0 aliphatic carbocycles. The standard InChI is InChI=1S/C24H18IO2.C2HCl3O2/c1-3-7-21(8-4-1)26-23-15-11-19(12-16-23)25-20-13-17-24(18-14-20)27-22-9-5-2-6-10-22;3-2(4,5)1(6)7/h1-18H;(H,6,7)/q+1;/p-1. The summed E-state index contributed by atoms with van der Waals surface area (Å²) in [6.07, 6.45) is 0. The number of benzene rings is 4. The van der Waals surface area contributed by atoms with Crippen molar-refractivity contribution in [1.82, 2.24) is 0 Å². The van der Waals surface area contributed by atoms with Gasteiger partial charge < -0.3 is 19.4 Å². The van der Waals surface area contributed by atoms with Crippen molar-refractivity contribution >= 4 is 40.8 Å². The molecule has 174 valence electrons. The summed E-state index contributed by atoms with van der Waals surface area (Å²) in [5.74, 6) is 1.72. The number of ether oxygens (including phenoxy) is 2. The molecule has 0 saturated carbocycles. The molecule has 0 radical (unpaired) electrons. The van der Waals surface area contributed by atoms with Gasteiger partial charge in [-0.3, -0.25) is 0 Å². The lowest BCUT2D eigenvalue weighted by molar-refractivity contribution is -0.597. The van der Waals surface area contributed by atoms with Crippen LogP contribution in [-0.4, -0.2) is 9.76 Å². The summed E-state index contributed by atoms with van der Waals surface area (Å²) in [5, 5.41) is 9.51. The van der Waals surface area contributed by atoms with Gasteiger partial charge in [-0.15, -0.1) is 0 Å². The fourth-order valence-electron chi connectivity index (χ4n) is 2.51. The van der Waals surface area contributed by atoms with E-state index in [1.807, 2.05) is 84.9 Å². The molecule has 4 nitrogen and oxygen atoms in total. The number of para-hydroxylation sites is 2. The van der Waals surface area contributed by atoms with Crippen LogP contribution in [0.15, 0.2) is 109 Å². The van der Waals surface area contributed by atoms with Gasteiger partial charge in [0.2, 0.25) is 3.79 Å². The van der Waals surface area contributed by atoms with Crippen LogP contribution in [0.3, 0.4) is 0 Å². The fourth-order valence-corrected chi connectivity index (χ4v) is 4.66. The van der Waals surface area contributed by atoms with Crippen LogP contribution in [-0.2, 0) is 4.79 Å². The molecule has 0 aliphatic rings. The largest absolute Gasteiger partial charge is 0.545 e. The summed E-state index contributed by atoms with van der Waals surface area (Å²) in [7, 11) is 0. The van der Waals surface area contributed by atoms with Crippen LogP contribution in [0.2, 0.25) is 0 Å². The van der Waals surface area contributed by atoms with E-state index in [2.05, 4.69) is 24.3 Å². The molecule has 0 amide bonds. The first-order valence-electron chi connectivity index (χ1n) is 9.88. The molecular formula is C26H18Cl3IO4. The summed E-state index contributed by atoms with van der Waals surface area (Å²) in [4.78, 5) is 9.51. The zero-order chi connectivity index (χ0) is 24.4. The number of carboxylic acid groups (broad SMARTS) is 1. The molecule has 0 heterocycles. The molecular weight excluding hydrogens is 610 g/mol. The molecule has 0 aromatic heterocycles. The van der Waals surface area contributed by atoms with Gasteiger partial charge in [-0.2, -0.15) is 0 Å². The maximum atomic E-state index is 9.51. The highest BCUT2D eigenvalue weighted by Crippen LogP contribution is 2.24. The highest BCUT2D eigenvalue weighted by atomic mass is 127. The van der Waals surface area contributed by atoms with E-state index in [1.54, 1.807) is 0 Å².